The van der Waals surface area contributed by atoms with Crippen LogP contribution in [0.3, 0.4) is 0 Å². The van der Waals surface area contributed by atoms with E-state index in [2.05, 4.69) is 17.0 Å². The third kappa shape index (κ3) is 8.38. The molecule has 1 fully saturated rings. The van der Waals surface area contributed by atoms with Crippen molar-refractivity contribution in [1.29, 1.82) is 0 Å². The molecule has 2 rings (SSSR count). The SMILES string of the molecule is O=C(O)C(F)(F)F.OCCC1CCCCN1CCCc1ccccc1Cl. The third-order valence-electron chi connectivity index (χ3n) is 4.30. The van der Waals surface area contributed by atoms with Gasteiger partial charge in [-0.05, 0) is 56.8 Å². The number of likely N-dealkylation sites (tertiary alicyclic amines) is 1. The van der Waals surface area contributed by atoms with Crippen molar-refractivity contribution in [3.63, 3.8) is 0 Å². The van der Waals surface area contributed by atoms with E-state index in [0.29, 0.717) is 12.6 Å². The van der Waals surface area contributed by atoms with Crippen LogP contribution in [0.5, 0.6) is 0 Å². The Morgan fingerprint density at radius 2 is 1.92 bits per heavy atom. The summed E-state index contributed by atoms with van der Waals surface area (Å²) >= 11 is 6.18. The number of benzene rings is 1. The Balaban J connectivity index is 0.000000412. The third-order valence-corrected chi connectivity index (χ3v) is 4.67. The fourth-order valence-corrected chi connectivity index (χ4v) is 3.23. The van der Waals surface area contributed by atoms with Crippen LogP contribution in [0, 0.1) is 0 Å². The molecule has 0 radical (unpaired) electrons. The first kappa shape index (κ1) is 22.7. The number of halogens is 4. The van der Waals surface area contributed by atoms with E-state index in [-0.39, 0.29) is 0 Å². The molecule has 0 saturated carbocycles. The van der Waals surface area contributed by atoms with E-state index < -0.39 is 12.1 Å². The van der Waals surface area contributed by atoms with Crippen LogP contribution in [-0.2, 0) is 11.2 Å². The standard InChI is InChI=1S/C16H24ClNO.C2HF3O2/c17-16-9-2-1-6-14(16)7-5-12-18-11-4-3-8-15(18)10-13-19;3-2(4,5)1(6)7/h1-2,6,9,15,19H,3-5,7-8,10-13H2;(H,6,7). The molecule has 8 heteroatoms. The van der Waals surface area contributed by atoms with Gasteiger partial charge in [0.05, 0.1) is 0 Å². The lowest BCUT2D eigenvalue weighted by atomic mass is 9.99. The van der Waals surface area contributed by atoms with Crippen LogP contribution in [0.25, 0.3) is 0 Å². The summed E-state index contributed by atoms with van der Waals surface area (Å²) in [6, 6.07) is 8.70. The zero-order valence-corrected chi connectivity index (χ0v) is 15.3. The molecular weight excluding hydrogens is 371 g/mol. The Morgan fingerprint density at radius 3 is 2.50 bits per heavy atom. The zero-order valence-electron chi connectivity index (χ0n) is 14.5. The number of carbonyl (C=O) groups is 1. The fraction of sp³-hybridized carbons (Fsp3) is 0.611. The summed E-state index contributed by atoms with van der Waals surface area (Å²) in [6.07, 6.45) is 1.88. The molecule has 0 spiro atoms. The fourth-order valence-electron chi connectivity index (χ4n) is 3.00. The summed E-state index contributed by atoms with van der Waals surface area (Å²) in [5.41, 5.74) is 1.25. The van der Waals surface area contributed by atoms with Crippen LogP contribution < -0.4 is 0 Å². The molecule has 0 bridgehead atoms. The predicted octanol–water partition coefficient (Wildman–Crippen LogP) is 4.14. The Hall–Kier alpha value is -1.31. The molecule has 2 N–H and O–H groups in total. The summed E-state index contributed by atoms with van der Waals surface area (Å²) in [6.45, 7) is 2.62. The van der Waals surface area contributed by atoms with Crippen molar-refractivity contribution >= 4 is 17.6 Å². The lowest BCUT2D eigenvalue weighted by Gasteiger charge is -2.35. The number of carboxylic acid groups (broad SMARTS) is 1. The molecule has 0 aromatic heterocycles. The molecule has 148 valence electrons. The highest BCUT2D eigenvalue weighted by atomic mass is 35.5. The molecule has 4 nitrogen and oxygen atoms in total. The van der Waals surface area contributed by atoms with Crippen molar-refractivity contribution in [2.45, 2.75) is 50.7 Å². The first-order valence-electron chi connectivity index (χ1n) is 8.64. The highest BCUT2D eigenvalue weighted by molar-refractivity contribution is 6.31. The van der Waals surface area contributed by atoms with E-state index in [0.717, 1.165) is 30.8 Å². The monoisotopic (exact) mass is 395 g/mol. The number of piperidine rings is 1. The normalized spacial score (nSPS) is 18.1. The highest BCUT2D eigenvalue weighted by Gasteiger charge is 2.38. The van der Waals surface area contributed by atoms with Crippen LogP contribution in [0.1, 0.15) is 37.7 Å². The largest absolute Gasteiger partial charge is 0.490 e. The number of aliphatic hydroxyl groups is 1. The summed E-state index contributed by atoms with van der Waals surface area (Å²) in [7, 11) is 0. The molecule has 1 aliphatic rings. The summed E-state index contributed by atoms with van der Waals surface area (Å²) in [5, 5.41) is 17.1. The van der Waals surface area contributed by atoms with Crippen LogP contribution in [0.4, 0.5) is 13.2 Å². The molecule has 1 aromatic rings. The molecule has 1 atom stereocenters. The van der Waals surface area contributed by atoms with Crippen molar-refractivity contribution in [1.82, 2.24) is 4.90 Å². The molecule has 1 aliphatic heterocycles. The number of aliphatic carboxylic acids is 1. The van der Waals surface area contributed by atoms with Crippen molar-refractivity contribution in [2.75, 3.05) is 19.7 Å². The van der Waals surface area contributed by atoms with E-state index in [9.17, 15) is 13.2 Å². The Morgan fingerprint density at radius 1 is 1.27 bits per heavy atom. The maximum Gasteiger partial charge on any atom is 0.490 e. The van der Waals surface area contributed by atoms with Gasteiger partial charge in [-0.2, -0.15) is 13.2 Å². The number of carboxylic acids is 1. The number of hydrogen-bond donors (Lipinski definition) is 2. The van der Waals surface area contributed by atoms with Crippen LogP contribution in [0.2, 0.25) is 5.02 Å². The minimum absolute atomic E-state index is 0.311. The van der Waals surface area contributed by atoms with Gasteiger partial charge in [-0.3, -0.25) is 0 Å². The predicted molar refractivity (Wildman–Crippen MR) is 94.4 cm³/mol. The molecule has 1 saturated heterocycles. The number of rotatable bonds is 6. The maximum absolute atomic E-state index is 10.6. The van der Waals surface area contributed by atoms with Crippen molar-refractivity contribution in [3.05, 3.63) is 34.9 Å². The van der Waals surface area contributed by atoms with Gasteiger partial charge in [-0.15, -0.1) is 0 Å². The van der Waals surface area contributed by atoms with Crippen LogP contribution >= 0.6 is 11.6 Å². The second kappa shape index (κ2) is 11.4. The number of hydrogen-bond acceptors (Lipinski definition) is 3. The van der Waals surface area contributed by atoms with Crippen LogP contribution in [-0.4, -0.2) is 53.0 Å². The van der Waals surface area contributed by atoms with Gasteiger partial charge in [-0.25, -0.2) is 4.79 Å². The van der Waals surface area contributed by atoms with E-state index in [1.807, 2.05) is 12.1 Å². The van der Waals surface area contributed by atoms with Gasteiger partial charge >= 0.3 is 12.1 Å². The van der Waals surface area contributed by atoms with E-state index in [4.69, 9.17) is 26.6 Å². The molecular formula is C18H25ClF3NO3. The Labute approximate surface area is 156 Å². The van der Waals surface area contributed by atoms with Gasteiger partial charge in [0.2, 0.25) is 0 Å². The Kier molecular flexibility index (Phi) is 9.98. The smallest absolute Gasteiger partial charge is 0.475 e. The number of nitrogens with zero attached hydrogens (tertiary/aromatic N) is 1. The number of aliphatic hydroxyl groups excluding tert-OH is 1. The topological polar surface area (TPSA) is 60.8 Å². The second-order valence-corrected chi connectivity index (χ2v) is 6.60. The van der Waals surface area contributed by atoms with Gasteiger partial charge in [-0.1, -0.05) is 36.2 Å². The van der Waals surface area contributed by atoms with Gasteiger partial charge in [0, 0.05) is 17.7 Å². The Bertz CT molecular complexity index is 553. The van der Waals surface area contributed by atoms with Crippen molar-refractivity contribution in [3.8, 4) is 0 Å². The van der Waals surface area contributed by atoms with E-state index >= 15 is 0 Å². The average molecular weight is 396 g/mol. The molecule has 0 aliphatic carbocycles. The minimum Gasteiger partial charge on any atom is -0.475 e. The van der Waals surface area contributed by atoms with Gasteiger partial charge in [0.25, 0.3) is 0 Å². The van der Waals surface area contributed by atoms with E-state index in [1.165, 1.54) is 31.4 Å². The second-order valence-electron chi connectivity index (χ2n) is 6.20. The quantitative estimate of drug-likeness (QED) is 0.759. The van der Waals surface area contributed by atoms with Crippen molar-refractivity contribution in [2.24, 2.45) is 0 Å². The first-order chi connectivity index (χ1) is 12.3. The molecule has 1 unspecified atom stereocenters. The first-order valence-corrected chi connectivity index (χ1v) is 9.02. The lowest BCUT2D eigenvalue weighted by molar-refractivity contribution is -0.192. The molecule has 0 amide bonds. The maximum atomic E-state index is 10.6. The highest BCUT2D eigenvalue weighted by Crippen LogP contribution is 2.21. The molecule has 1 heterocycles. The van der Waals surface area contributed by atoms with Gasteiger partial charge < -0.3 is 15.1 Å². The number of alkyl halides is 3. The van der Waals surface area contributed by atoms with E-state index in [1.54, 1.807) is 0 Å². The molecule has 1 aromatic carbocycles. The van der Waals surface area contributed by atoms with Crippen molar-refractivity contribution < 1.29 is 28.2 Å². The average Bonchev–Trinajstić information content (AvgIpc) is 2.58. The minimum atomic E-state index is -5.08. The lowest BCUT2D eigenvalue weighted by Crippen LogP contribution is -2.40. The summed E-state index contributed by atoms with van der Waals surface area (Å²) in [5.74, 6) is -2.76. The zero-order chi connectivity index (χ0) is 19.6. The van der Waals surface area contributed by atoms with Gasteiger partial charge in [0.1, 0.15) is 0 Å². The summed E-state index contributed by atoms with van der Waals surface area (Å²) in [4.78, 5) is 11.4. The summed E-state index contributed by atoms with van der Waals surface area (Å²) < 4.78 is 31.7. The molecule has 26 heavy (non-hydrogen) atoms. The number of aryl methyl sites for hydroxylation is 1. The van der Waals surface area contributed by atoms with Gasteiger partial charge in [0.15, 0.2) is 0 Å². The van der Waals surface area contributed by atoms with Crippen LogP contribution in [0.15, 0.2) is 24.3 Å².